The number of hydrogen-bond donors (Lipinski definition) is 0. The summed E-state index contributed by atoms with van der Waals surface area (Å²) in [6.07, 6.45) is 0. The molecule has 0 spiro atoms. The van der Waals surface area contributed by atoms with Crippen molar-refractivity contribution in [2.75, 3.05) is 0 Å². The molecule has 0 rings (SSSR count). The summed E-state index contributed by atoms with van der Waals surface area (Å²) in [5.74, 6) is 0. The second-order valence-corrected chi connectivity index (χ2v) is 1.28. The standard InChI is InChI=1S/B6O4/c1-7-5(8-2)6(9-3)10-4. The number of hydrogen-bond acceptors (Lipinski definition) is 4. The molecule has 0 bridgehead atoms. The fraction of sp³-hybridized carbons (Fsp3) is 0. The summed E-state index contributed by atoms with van der Waals surface area (Å²) in [5, 5.41) is 0. The van der Waals surface area contributed by atoms with Gasteiger partial charge >= 0.3 is 14.0 Å². The topological polar surface area (TPSA) is 36.9 Å². The third-order valence-electron chi connectivity index (χ3n) is 0.759. The molecule has 0 fully saturated rings. The molecular weight excluding hydrogens is 129 g/mol. The van der Waals surface area contributed by atoms with Crippen molar-refractivity contribution in [3.05, 3.63) is 0 Å². The van der Waals surface area contributed by atoms with E-state index in [1.54, 1.807) is 0 Å². The van der Waals surface area contributed by atoms with Crippen LogP contribution in [0.15, 0.2) is 0 Å². The first kappa shape index (κ1) is 10.2. The van der Waals surface area contributed by atoms with Crippen molar-refractivity contribution in [3.63, 3.8) is 0 Å². The summed E-state index contributed by atoms with van der Waals surface area (Å²) in [4.78, 5) is 0. The molecule has 0 aliphatic carbocycles. The first-order valence-corrected chi connectivity index (χ1v) is 2.22. The molecule has 0 aliphatic heterocycles. The van der Waals surface area contributed by atoms with E-state index in [2.05, 4.69) is 50.5 Å². The zero-order valence-corrected chi connectivity index (χ0v) is 5.10. The highest BCUT2D eigenvalue weighted by molar-refractivity contribution is 7.13. The summed E-state index contributed by atoms with van der Waals surface area (Å²) in [6.45, 7) is 0. The third-order valence-corrected chi connectivity index (χ3v) is 0.759. The minimum Gasteiger partial charge on any atom is -0.486 e. The number of rotatable bonds is 5. The van der Waals surface area contributed by atoms with Gasteiger partial charge in [-0.25, -0.2) is 0 Å². The SMILES string of the molecule is [B]OB(O[B])B(O[B])O[B]. The van der Waals surface area contributed by atoms with E-state index in [1.807, 2.05) is 0 Å². The highest BCUT2D eigenvalue weighted by Crippen LogP contribution is 1.92. The van der Waals surface area contributed by atoms with E-state index < -0.39 is 14.0 Å². The zero-order chi connectivity index (χ0) is 7.98. The first-order chi connectivity index (χ1) is 4.79. The maximum atomic E-state index is 4.66. The van der Waals surface area contributed by atoms with Crippen molar-refractivity contribution in [2.24, 2.45) is 0 Å². The first-order valence-electron chi connectivity index (χ1n) is 2.22. The summed E-state index contributed by atoms with van der Waals surface area (Å²) < 4.78 is 16.3. The van der Waals surface area contributed by atoms with Crippen LogP contribution >= 0.6 is 0 Å². The van der Waals surface area contributed by atoms with Crippen LogP contribution in [-0.4, -0.2) is 46.2 Å². The molecule has 10 heavy (non-hydrogen) atoms. The van der Waals surface area contributed by atoms with Crippen LogP contribution in [0.25, 0.3) is 0 Å². The van der Waals surface area contributed by atoms with Crippen LogP contribution in [-0.2, 0) is 18.3 Å². The Hall–Kier alpha value is 0.230. The fourth-order valence-corrected chi connectivity index (χ4v) is 0.321. The van der Waals surface area contributed by atoms with Gasteiger partial charge in [0.05, 0.1) is 0 Å². The average Bonchev–Trinajstić information content (AvgIpc) is 2.00. The van der Waals surface area contributed by atoms with Gasteiger partial charge in [-0.15, -0.1) is 0 Å². The Bertz CT molecular complexity index is 58.1. The maximum absolute atomic E-state index is 4.66. The van der Waals surface area contributed by atoms with Gasteiger partial charge in [0.1, 0.15) is 0 Å². The summed E-state index contributed by atoms with van der Waals surface area (Å²) in [5.41, 5.74) is 0. The van der Waals surface area contributed by atoms with Crippen LogP contribution < -0.4 is 0 Å². The molecule has 0 unspecified atom stereocenters. The van der Waals surface area contributed by atoms with E-state index in [0.717, 1.165) is 0 Å². The van der Waals surface area contributed by atoms with E-state index in [-0.39, 0.29) is 0 Å². The van der Waals surface area contributed by atoms with E-state index in [1.165, 1.54) is 0 Å². The molecule has 42 valence electrons. The molecule has 0 aliphatic rings. The molecule has 8 radical (unpaired) electrons. The van der Waals surface area contributed by atoms with Gasteiger partial charge in [0.25, 0.3) is 32.2 Å². The second-order valence-electron chi connectivity index (χ2n) is 1.28. The van der Waals surface area contributed by atoms with Gasteiger partial charge in [0.2, 0.25) is 0 Å². The molecule has 0 atom stereocenters. The lowest BCUT2D eigenvalue weighted by atomic mass is 9.47. The molecule has 0 amide bonds. The van der Waals surface area contributed by atoms with Crippen molar-refractivity contribution >= 4 is 46.2 Å². The van der Waals surface area contributed by atoms with Crippen molar-refractivity contribution in [1.82, 2.24) is 0 Å². The van der Waals surface area contributed by atoms with Gasteiger partial charge in [0, 0.05) is 0 Å². The maximum Gasteiger partial charge on any atom is 0.453 e. The largest absolute Gasteiger partial charge is 0.486 e. The van der Waals surface area contributed by atoms with Crippen molar-refractivity contribution in [1.29, 1.82) is 0 Å². The zero-order valence-electron chi connectivity index (χ0n) is 5.10. The second kappa shape index (κ2) is 5.97. The lowest BCUT2D eigenvalue weighted by Crippen LogP contribution is -2.44. The summed E-state index contributed by atoms with van der Waals surface area (Å²) in [6, 6.07) is 0. The van der Waals surface area contributed by atoms with Crippen LogP contribution in [0, 0.1) is 0 Å². The van der Waals surface area contributed by atoms with Gasteiger partial charge in [-0.1, -0.05) is 0 Å². The predicted molar refractivity (Wildman–Crippen MR) is 38.9 cm³/mol. The fourth-order valence-electron chi connectivity index (χ4n) is 0.321. The average molecular weight is 129 g/mol. The molecular formula is B6O4. The lowest BCUT2D eigenvalue weighted by molar-refractivity contribution is 0.434. The van der Waals surface area contributed by atoms with E-state index in [4.69, 9.17) is 0 Å². The monoisotopic (exact) mass is 130 g/mol. The Labute approximate surface area is 65.3 Å². The third kappa shape index (κ3) is 2.88. The molecule has 0 heterocycles. The molecule has 4 nitrogen and oxygen atoms in total. The Morgan fingerprint density at radius 2 is 0.800 bits per heavy atom. The Kier molecular flexibility index (Phi) is 6.11. The quantitative estimate of drug-likeness (QED) is 0.382. The van der Waals surface area contributed by atoms with E-state index in [9.17, 15) is 0 Å². The van der Waals surface area contributed by atoms with Crippen molar-refractivity contribution < 1.29 is 18.3 Å². The summed E-state index contributed by atoms with van der Waals surface area (Å²) in [7, 11) is 16.3. The van der Waals surface area contributed by atoms with Crippen LogP contribution in [0.4, 0.5) is 0 Å². The highest BCUT2D eigenvalue weighted by atomic mass is 16.6. The van der Waals surface area contributed by atoms with Crippen LogP contribution in [0.2, 0.25) is 0 Å². The van der Waals surface area contributed by atoms with Gasteiger partial charge in [0.15, 0.2) is 0 Å². The van der Waals surface area contributed by atoms with Crippen LogP contribution in [0.5, 0.6) is 0 Å². The predicted octanol–water partition coefficient (Wildman–Crippen LogP) is -2.56. The smallest absolute Gasteiger partial charge is 0.453 e. The molecule has 0 N–H and O–H groups in total. The molecule has 0 aromatic carbocycles. The molecule has 0 aromatic rings. The van der Waals surface area contributed by atoms with Gasteiger partial charge in [-0.2, -0.15) is 0 Å². The van der Waals surface area contributed by atoms with Gasteiger partial charge < -0.3 is 18.3 Å². The highest BCUT2D eigenvalue weighted by Gasteiger charge is 2.32. The Morgan fingerprint density at radius 3 is 0.900 bits per heavy atom. The van der Waals surface area contributed by atoms with Gasteiger partial charge in [-0.3, -0.25) is 0 Å². The van der Waals surface area contributed by atoms with Crippen LogP contribution in [0.3, 0.4) is 0 Å². The lowest BCUT2D eigenvalue weighted by Gasteiger charge is -2.15. The molecule has 0 saturated heterocycles. The molecule has 0 aromatic heterocycles. The van der Waals surface area contributed by atoms with E-state index >= 15 is 0 Å². The van der Waals surface area contributed by atoms with E-state index in [0.29, 0.717) is 0 Å². The van der Waals surface area contributed by atoms with Gasteiger partial charge in [-0.05, 0) is 0 Å². The van der Waals surface area contributed by atoms with Crippen LogP contribution in [0.1, 0.15) is 0 Å². The minimum absolute atomic E-state index is 1.16. The summed E-state index contributed by atoms with van der Waals surface area (Å²) >= 11 is 0. The Balaban J connectivity index is 3.70. The normalized spacial score (nSPS) is 9.20. The molecule has 10 heteroatoms. The minimum atomic E-state index is -1.16. The van der Waals surface area contributed by atoms with Crippen molar-refractivity contribution in [3.8, 4) is 0 Å². The molecule has 0 saturated carbocycles. The van der Waals surface area contributed by atoms with Crippen molar-refractivity contribution in [2.45, 2.75) is 0 Å². The Morgan fingerprint density at radius 1 is 0.600 bits per heavy atom.